The molecule has 0 radical (unpaired) electrons. The second-order valence-electron chi connectivity index (χ2n) is 4.05. The van der Waals surface area contributed by atoms with Crippen LogP contribution in [-0.2, 0) is 9.53 Å². The van der Waals surface area contributed by atoms with Crippen molar-refractivity contribution in [3.8, 4) is 0 Å². The fourth-order valence-corrected chi connectivity index (χ4v) is 1.88. The number of hydrogen-bond acceptors (Lipinski definition) is 5. The number of aliphatic imine (C=N–C) groups is 1. The third-order valence-electron chi connectivity index (χ3n) is 2.75. The molecule has 0 aliphatic heterocycles. The highest BCUT2D eigenvalue weighted by molar-refractivity contribution is 6.03. The maximum Gasteiger partial charge on any atom is 0.354 e. The lowest BCUT2D eigenvalue weighted by Crippen LogP contribution is -2.26. The van der Waals surface area contributed by atoms with E-state index in [1.807, 2.05) is 0 Å². The van der Waals surface area contributed by atoms with Gasteiger partial charge in [-0.2, -0.15) is 0 Å². The SMILES string of the molecule is C/C=C(/N=C1\CC(CO)CC(N)=C1OC)C(=O)O. The highest BCUT2D eigenvalue weighted by Gasteiger charge is 2.26. The van der Waals surface area contributed by atoms with Gasteiger partial charge in [0.15, 0.2) is 5.76 Å². The summed E-state index contributed by atoms with van der Waals surface area (Å²) >= 11 is 0. The Labute approximate surface area is 105 Å². The Hall–Kier alpha value is -1.82. The first-order valence-corrected chi connectivity index (χ1v) is 5.64. The highest BCUT2D eigenvalue weighted by Crippen LogP contribution is 2.26. The smallest absolute Gasteiger partial charge is 0.354 e. The quantitative estimate of drug-likeness (QED) is 0.638. The van der Waals surface area contributed by atoms with E-state index in [2.05, 4.69) is 4.99 Å². The molecule has 1 rings (SSSR count). The van der Waals surface area contributed by atoms with Gasteiger partial charge in [-0.15, -0.1) is 0 Å². The van der Waals surface area contributed by atoms with Gasteiger partial charge in [-0.25, -0.2) is 9.79 Å². The van der Waals surface area contributed by atoms with Crippen LogP contribution in [0.1, 0.15) is 19.8 Å². The van der Waals surface area contributed by atoms with E-state index in [-0.39, 0.29) is 18.2 Å². The Morgan fingerprint density at radius 3 is 2.72 bits per heavy atom. The first-order valence-electron chi connectivity index (χ1n) is 5.64. The molecule has 100 valence electrons. The first kappa shape index (κ1) is 14.2. The Morgan fingerprint density at radius 2 is 2.28 bits per heavy atom. The van der Waals surface area contributed by atoms with Crippen molar-refractivity contribution in [1.29, 1.82) is 0 Å². The predicted octanol–water partition coefficient (Wildman–Crippen LogP) is 0.635. The second-order valence-corrected chi connectivity index (χ2v) is 4.05. The second kappa shape index (κ2) is 6.20. The molecule has 1 atom stereocenters. The third-order valence-corrected chi connectivity index (χ3v) is 2.75. The summed E-state index contributed by atoms with van der Waals surface area (Å²) in [7, 11) is 1.47. The predicted molar refractivity (Wildman–Crippen MR) is 66.9 cm³/mol. The summed E-state index contributed by atoms with van der Waals surface area (Å²) < 4.78 is 5.16. The van der Waals surface area contributed by atoms with Crippen LogP contribution in [0.4, 0.5) is 0 Å². The van der Waals surface area contributed by atoms with E-state index in [0.717, 1.165) is 0 Å². The summed E-state index contributed by atoms with van der Waals surface area (Å²) in [6.45, 7) is 1.58. The van der Waals surface area contributed by atoms with Crippen LogP contribution in [-0.4, -0.2) is 35.6 Å². The third kappa shape index (κ3) is 3.10. The van der Waals surface area contributed by atoms with Gasteiger partial charge in [0.2, 0.25) is 0 Å². The number of carboxylic acid groups (broad SMARTS) is 1. The summed E-state index contributed by atoms with van der Waals surface area (Å²) in [5.41, 5.74) is 6.73. The maximum absolute atomic E-state index is 10.9. The number of aliphatic hydroxyl groups excluding tert-OH is 1. The molecule has 1 aliphatic rings. The Bertz CT molecular complexity index is 424. The molecule has 0 saturated carbocycles. The van der Waals surface area contributed by atoms with Crippen LogP contribution in [0.5, 0.6) is 0 Å². The first-order chi connectivity index (χ1) is 8.53. The lowest BCUT2D eigenvalue weighted by Gasteiger charge is -2.24. The normalized spacial score (nSPS) is 23.4. The number of aliphatic carboxylic acids is 1. The number of nitrogens with zero attached hydrogens (tertiary/aromatic N) is 1. The number of hydrogen-bond donors (Lipinski definition) is 3. The lowest BCUT2D eigenvalue weighted by atomic mass is 9.90. The van der Waals surface area contributed by atoms with Crippen molar-refractivity contribution in [2.75, 3.05) is 13.7 Å². The maximum atomic E-state index is 10.9. The number of ether oxygens (including phenoxy) is 1. The molecule has 0 fully saturated rings. The van der Waals surface area contributed by atoms with Gasteiger partial charge in [-0.3, -0.25) is 0 Å². The summed E-state index contributed by atoms with van der Waals surface area (Å²) in [6.07, 6.45) is 2.38. The molecular weight excluding hydrogens is 236 g/mol. The molecule has 0 aromatic heterocycles. The van der Waals surface area contributed by atoms with Crippen molar-refractivity contribution in [3.05, 3.63) is 23.2 Å². The van der Waals surface area contributed by atoms with Crippen LogP contribution in [0.15, 0.2) is 28.2 Å². The number of allylic oxidation sites excluding steroid dienone is 3. The fourth-order valence-electron chi connectivity index (χ4n) is 1.88. The van der Waals surface area contributed by atoms with Gasteiger partial charge in [-0.05, 0) is 25.7 Å². The van der Waals surface area contributed by atoms with Crippen LogP contribution in [0, 0.1) is 5.92 Å². The molecule has 6 nitrogen and oxygen atoms in total. The molecule has 0 aromatic carbocycles. The average molecular weight is 254 g/mol. The molecule has 0 bridgehead atoms. The van der Waals surface area contributed by atoms with Gasteiger partial charge in [0.05, 0.1) is 18.5 Å². The molecule has 0 heterocycles. The summed E-state index contributed by atoms with van der Waals surface area (Å²) in [6, 6.07) is 0. The molecule has 0 aromatic rings. The minimum Gasteiger partial charge on any atom is -0.493 e. The van der Waals surface area contributed by atoms with Gasteiger partial charge >= 0.3 is 5.97 Å². The van der Waals surface area contributed by atoms with Crippen molar-refractivity contribution in [1.82, 2.24) is 0 Å². The Morgan fingerprint density at radius 1 is 1.61 bits per heavy atom. The molecular formula is C12H18N2O4. The van der Waals surface area contributed by atoms with Gasteiger partial charge in [0.25, 0.3) is 0 Å². The summed E-state index contributed by atoms with van der Waals surface area (Å²) in [5, 5.41) is 18.1. The minimum absolute atomic E-state index is 0.0189. The number of aliphatic hydroxyl groups is 1. The average Bonchev–Trinajstić information content (AvgIpc) is 2.34. The van der Waals surface area contributed by atoms with E-state index >= 15 is 0 Å². The molecule has 1 aliphatic carbocycles. The van der Waals surface area contributed by atoms with Crippen molar-refractivity contribution in [3.63, 3.8) is 0 Å². The number of methoxy groups -OCH3 is 1. The number of carbonyl (C=O) groups is 1. The van der Waals surface area contributed by atoms with Crippen LogP contribution in [0.3, 0.4) is 0 Å². The van der Waals surface area contributed by atoms with E-state index in [0.29, 0.717) is 30.0 Å². The van der Waals surface area contributed by atoms with E-state index in [1.165, 1.54) is 13.2 Å². The largest absolute Gasteiger partial charge is 0.493 e. The molecule has 0 amide bonds. The molecule has 0 spiro atoms. The summed E-state index contributed by atoms with van der Waals surface area (Å²) in [5.74, 6) is -0.736. The van der Waals surface area contributed by atoms with Gasteiger partial charge < -0.3 is 20.7 Å². The Kier molecular flexibility index (Phi) is 4.91. The monoisotopic (exact) mass is 254 g/mol. The van der Waals surface area contributed by atoms with Gasteiger partial charge in [0, 0.05) is 6.61 Å². The fraction of sp³-hybridized carbons (Fsp3) is 0.500. The zero-order valence-corrected chi connectivity index (χ0v) is 10.5. The summed E-state index contributed by atoms with van der Waals surface area (Å²) in [4.78, 5) is 15.0. The highest BCUT2D eigenvalue weighted by atomic mass is 16.5. The number of carboxylic acids is 1. The number of nitrogens with two attached hydrogens (primary N) is 1. The van der Waals surface area contributed by atoms with E-state index < -0.39 is 5.97 Å². The van der Waals surface area contributed by atoms with Crippen molar-refractivity contribution < 1.29 is 19.7 Å². The molecule has 6 heteroatoms. The van der Waals surface area contributed by atoms with Crippen molar-refractivity contribution in [2.45, 2.75) is 19.8 Å². The van der Waals surface area contributed by atoms with Gasteiger partial charge in [0.1, 0.15) is 5.70 Å². The van der Waals surface area contributed by atoms with E-state index in [9.17, 15) is 9.90 Å². The van der Waals surface area contributed by atoms with Crippen LogP contribution < -0.4 is 5.73 Å². The van der Waals surface area contributed by atoms with Crippen LogP contribution in [0.2, 0.25) is 0 Å². The van der Waals surface area contributed by atoms with Crippen molar-refractivity contribution >= 4 is 11.7 Å². The van der Waals surface area contributed by atoms with E-state index in [4.69, 9.17) is 15.6 Å². The van der Waals surface area contributed by atoms with Crippen LogP contribution in [0.25, 0.3) is 0 Å². The topological polar surface area (TPSA) is 105 Å². The zero-order valence-electron chi connectivity index (χ0n) is 10.5. The lowest BCUT2D eigenvalue weighted by molar-refractivity contribution is -0.132. The molecule has 4 N–H and O–H groups in total. The molecule has 18 heavy (non-hydrogen) atoms. The molecule has 0 saturated heterocycles. The Balaban J connectivity index is 3.14. The van der Waals surface area contributed by atoms with Crippen molar-refractivity contribution in [2.24, 2.45) is 16.6 Å². The van der Waals surface area contributed by atoms with E-state index in [1.54, 1.807) is 6.92 Å². The van der Waals surface area contributed by atoms with Crippen LogP contribution >= 0.6 is 0 Å². The zero-order chi connectivity index (χ0) is 13.7. The standard InChI is InChI=1S/C12H18N2O4/c1-3-9(12(16)17)14-10-5-7(6-15)4-8(13)11(10)18-2/h3,7,15H,4-6,13H2,1-2H3,(H,16,17)/b9-3+,14-10+. The number of rotatable bonds is 4. The minimum atomic E-state index is -1.11. The molecule has 1 unspecified atom stereocenters. The van der Waals surface area contributed by atoms with Gasteiger partial charge in [-0.1, -0.05) is 6.08 Å².